The van der Waals surface area contributed by atoms with E-state index in [0.29, 0.717) is 6.04 Å². The van der Waals surface area contributed by atoms with Gasteiger partial charge in [0.2, 0.25) is 0 Å². The average molecular weight is 325 g/mol. The predicted octanol–water partition coefficient (Wildman–Crippen LogP) is 4.35. The Balaban J connectivity index is 2.05. The van der Waals surface area contributed by atoms with Crippen molar-refractivity contribution in [2.75, 3.05) is 25.0 Å². The van der Waals surface area contributed by atoms with E-state index in [2.05, 4.69) is 59.1 Å². The van der Waals surface area contributed by atoms with Gasteiger partial charge in [-0.15, -0.1) is 0 Å². The Bertz CT molecular complexity index is 408. The second-order valence-corrected chi connectivity index (χ2v) is 6.54. The second-order valence-electron chi connectivity index (χ2n) is 5.62. The standard InChI is InChI=1S/C16H25BrN2/c1-4-19-8-5-6-15(7-9-19)18-16-12(2)10-14(17)11-13(16)3/h10-11,15,18H,4-9H2,1-3H3. The van der Waals surface area contributed by atoms with E-state index in [4.69, 9.17) is 0 Å². The molecule has 19 heavy (non-hydrogen) atoms. The fourth-order valence-corrected chi connectivity index (χ4v) is 3.65. The van der Waals surface area contributed by atoms with Crippen LogP contribution in [0.1, 0.15) is 37.3 Å². The molecule has 1 aliphatic heterocycles. The van der Waals surface area contributed by atoms with Crippen molar-refractivity contribution in [3.8, 4) is 0 Å². The van der Waals surface area contributed by atoms with Gasteiger partial charge in [0.05, 0.1) is 0 Å². The molecule has 2 nitrogen and oxygen atoms in total. The van der Waals surface area contributed by atoms with Crippen LogP contribution < -0.4 is 5.32 Å². The van der Waals surface area contributed by atoms with Gasteiger partial charge in [-0.25, -0.2) is 0 Å². The summed E-state index contributed by atoms with van der Waals surface area (Å²) in [5.41, 5.74) is 4.00. The number of likely N-dealkylation sites (tertiary alicyclic amines) is 1. The van der Waals surface area contributed by atoms with Gasteiger partial charge in [0.15, 0.2) is 0 Å². The smallest absolute Gasteiger partial charge is 0.0402 e. The third kappa shape index (κ3) is 3.96. The summed E-state index contributed by atoms with van der Waals surface area (Å²) in [6, 6.07) is 5.02. The van der Waals surface area contributed by atoms with Crippen LogP contribution in [0.15, 0.2) is 16.6 Å². The Kier molecular flexibility index (Phi) is 5.28. The van der Waals surface area contributed by atoms with E-state index >= 15 is 0 Å². The summed E-state index contributed by atoms with van der Waals surface area (Å²) < 4.78 is 1.17. The van der Waals surface area contributed by atoms with Gasteiger partial charge in [-0.1, -0.05) is 22.9 Å². The van der Waals surface area contributed by atoms with E-state index in [1.807, 2.05) is 0 Å². The molecule has 1 fully saturated rings. The van der Waals surface area contributed by atoms with E-state index in [-0.39, 0.29) is 0 Å². The molecule has 0 radical (unpaired) electrons. The Labute approximate surface area is 125 Å². The number of hydrogen-bond acceptors (Lipinski definition) is 2. The lowest BCUT2D eigenvalue weighted by Gasteiger charge is -2.22. The van der Waals surface area contributed by atoms with Gasteiger partial charge in [0, 0.05) is 22.7 Å². The van der Waals surface area contributed by atoms with Crippen LogP contribution in [0.25, 0.3) is 0 Å². The first-order valence-corrected chi connectivity index (χ1v) is 8.15. The van der Waals surface area contributed by atoms with Crippen molar-refractivity contribution in [1.82, 2.24) is 4.90 Å². The van der Waals surface area contributed by atoms with Crippen LogP contribution in [0.3, 0.4) is 0 Å². The van der Waals surface area contributed by atoms with Gasteiger partial charge in [-0.05, 0) is 69.5 Å². The van der Waals surface area contributed by atoms with Gasteiger partial charge >= 0.3 is 0 Å². The number of benzene rings is 1. The maximum absolute atomic E-state index is 3.78. The topological polar surface area (TPSA) is 15.3 Å². The van der Waals surface area contributed by atoms with Crippen molar-refractivity contribution in [2.24, 2.45) is 0 Å². The molecule has 1 unspecified atom stereocenters. The second kappa shape index (κ2) is 6.76. The minimum absolute atomic E-state index is 0.620. The fourth-order valence-electron chi connectivity index (χ4n) is 2.96. The minimum atomic E-state index is 0.620. The summed E-state index contributed by atoms with van der Waals surface area (Å²) in [5.74, 6) is 0. The number of nitrogens with zero attached hydrogens (tertiary/aromatic N) is 1. The Morgan fingerprint density at radius 2 is 1.89 bits per heavy atom. The summed E-state index contributed by atoms with van der Waals surface area (Å²) >= 11 is 3.57. The van der Waals surface area contributed by atoms with E-state index in [1.165, 1.54) is 60.2 Å². The first-order valence-electron chi connectivity index (χ1n) is 7.35. The molecule has 3 heteroatoms. The third-order valence-electron chi connectivity index (χ3n) is 4.11. The largest absolute Gasteiger partial charge is 0.382 e. The van der Waals surface area contributed by atoms with Crippen molar-refractivity contribution < 1.29 is 0 Å². The van der Waals surface area contributed by atoms with Crippen molar-refractivity contribution in [3.63, 3.8) is 0 Å². The first kappa shape index (κ1) is 14.9. The van der Waals surface area contributed by atoms with Crippen LogP contribution in [0.4, 0.5) is 5.69 Å². The highest BCUT2D eigenvalue weighted by Crippen LogP contribution is 2.27. The van der Waals surface area contributed by atoms with Gasteiger partial charge in [0.25, 0.3) is 0 Å². The molecule has 1 aromatic rings. The number of anilines is 1. The van der Waals surface area contributed by atoms with Crippen LogP contribution in [-0.2, 0) is 0 Å². The number of nitrogens with one attached hydrogen (secondary N) is 1. The lowest BCUT2D eigenvalue weighted by atomic mass is 10.1. The van der Waals surface area contributed by atoms with E-state index < -0.39 is 0 Å². The molecule has 1 aromatic carbocycles. The number of rotatable bonds is 3. The molecule has 106 valence electrons. The first-order chi connectivity index (χ1) is 9.10. The molecule has 0 amide bonds. The number of halogens is 1. The third-order valence-corrected chi connectivity index (χ3v) is 4.57. The van der Waals surface area contributed by atoms with Crippen LogP contribution in [-0.4, -0.2) is 30.6 Å². The highest BCUT2D eigenvalue weighted by atomic mass is 79.9. The lowest BCUT2D eigenvalue weighted by Crippen LogP contribution is -2.26. The number of hydrogen-bond donors (Lipinski definition) is 1. The zero-order valence-electron chi connectivity index (χ0n) is 12.3. The highest BCUT2D eigenvalue weighted by Gasteiger charge is 2.17. The monoisotopic (exact) mass is 324 g/mol. The molecular weight excluding hydrogens is 300 g/mol. The number of aryl methyl sites for hydroxylation is 2. The molecule has 0 saturated carbocycles. The zero-order chi connectivity index (χ0) is 13.8. The van der Waals surface area contributed by atoms with Gasteiger partial charge in [-0.2, -0.15) is 0 Å². The van der Waals surface area contributed by atoms with E-state index in [0.717, 1.165) is 0 Å². The normalized spacial score (nSPS) is 21.2. The summed E-state index contributed by atoms with van der Waals surface area (Å²) in [4.78, 5) is 2.56. The molecule has 1 saturated heterocycles. The highest BCUT2D eigenvalue weighted by molar-refractivity contribution is 9.10. The molecule has 1 aliphatic rings. The quantitative estimate of drug-likeness (QED) is 0.889. The summed E-state index contributed by atoms with van der Waals surface area (Å²) in [5, 5.41) is 3.78. The van der Waals surface area contributed by atoms with Gasteiger partial charge in [-0.3, -0.25) is 0 Å². The van der Waals surface area contributed by atoms with E-state index in [1.54, 1.807) is 0 Å². The SMILES string of the molecule is CCN1CCCC(Nc2c(C)cc(Br)cc2C)CC1. The summed E-state index contributed by atoms with van der Waals surface area (Å²) in [7, 11) is 0. The molecule has 1 heterocycles. The maximum Gasteiger partial charge on any atom is 0.0402 e. The molecular formula is C16H25BrN2. The lowest BCUT2D eigenvalue weighted by molar-refractivity contribution is 0.300. The molecule has 0 bridgehead atoms. The van der Waals surface area contributed by atoms with Crippen molar-refractivity contribution >= 4 is 21.6 Å². The van der Waals surface area contributed by atoms with Crippen LogP contribution in [0.5, 0.6) is 0 Å². The van der Waals surface area contributed by atoms with Crippen LogP contribution in [0.2, 0.25) is 0 Å². The predicted molar refractivity (Wildman–Crippen MR) is 87.0 cm³/mol. The Morgan fingerprint density at radius 3 is 2.53 bits per heavy atom. The van der Waals surface area contributed by atoms with Crippen molar-refractivity contribution in [2.45, 2.75) is 46.1 Å². The minimum Gasteiger partial charge on any atom is -0.382 e. The van der Waals surface area contributed by atoms with Crippen LogP contribution in [0, 0.1) is 13.8 Å². The Morgan fingerprint density at radius 1 is 1.21 bits per heavy atom. The summed E-state index contributed by atoms with van der Waals surface area (Å²) in [6.07, 6.45) is 3.84. The molecule has 1 N–H and O–H groups in total. The van der Waals surface area contributed by atoms with Crippen molar-refractivity contribution in [1.29, 1.82) is 0 Å². The molecule has 0 aliphatic carbocycles. The van der Waals surface area contributed by atoms with Gasteiger partial charge in [0.1, 0.15) is 0 Å². The fraction of sp³-hybridized carbons (Fsp3) is 0.625. The maximum atomic E-state index is 3.78. The van der Waals surface area contributed by atoms with Crippen LogP contribution >= 0.6 is 15.9 Å². The Hall–Kier alpha value is -0.540. The van der Waals surface area contributed by atoms with E-state index in [9.17, 15) is 0 Å². The molecule has 0 aromatic heterocycles. The summed E-state index contributed by atoms with van der Waals surface area (Å²) in [6.45, 7) is 10.3. The van der Waals surface area contributed by atoms with Crippen molar-refractivity contribution in [3.05, 3.63) is 27.7 Å². The molecule has 1 atom stereocenters. The molecule has 2 rings (SSSR count). The zero-order valence-corrected chi connectivity index (χ0v) is 13.9. The molecule has 0 spiro atoms. The average Bonchev–Trinajstić information content (AvgIpc) is 2.58. The van der Waals surface area contributed by atoms with Gasteiger partial charge < -0.3 is 10.2 Å².